The molecule has 0 atom stereocenters. The van der Waals surface area contributed by atoms with Crippen LogP contribution >= 0.6 is 0 Å². The Hall–Kier alpha value is -2.66. The van der Waals surface area contributed by atoms with Crippen molar-refractivity contribution in [2.75, 3.05) is 13.2 Å². The van der Waals surface area contributed by atoms with E-state index in [1.54, 1.807) is 0 Å². The third-order valence-corrected chi connectivity index (χ3v) is 7.91. The second-order valence-electron chi connectivity index (χ2n) is 12.7. The van der Waals surface area contributed by atoms with Gasteiger partial charge in [-0.1, -0.05) is 151 Å². The minimum Gasteiger partial charge on any atom is -0.463 e. The zero-order valence-electron chi connectivity index (χ0n) is 31.0. The number of aliphatic hydroxyl groups excluding tert-OH is 1. The molecule has 0 aliphatic rings. The molecule has 0 spiro atoms. The van der Waals surface area contributed by atoms with Gasteiger partial charge in [0.2, 0.25) is 0 Å². The van der Waals surface area contributed by atoms with Crippen molar-refractivity contribution in [3.05, 3.63) is 72.9 Å². The van der Waals surface area contributed by atoms with Crippen LogP contribution in [0.25, 0.3) is 0 Å². The van der Waals surface area contributed by atoms with Crippen LogP contribution in [-0.4, -0.2) is 36.4 Å². The molecule has 0 bridgehead atoms. The summed E-state index contributed by atoms with van der Waals surface area (Å²) in [7, 11) is 0. The number of esters is 2. The normalized spacial score (nSPS) is 12.4. The smallest absolute Gasteiger partial charge is 0.305 e. The van der Waals surface area contributed by atoms with E-state index < -0.39 is 6.10 Å². The van der Waals surface area contributed by atoms with Gasteiger partial charge in [0, 0.05) is 12.8 Å². The molecule has 0 rings (SSSR count). The van der Waals surface area contributed by atoms with Gasteiger partial charge < -0.3 is 14.6 Å². The van der Waals surface area contributed by atoms with Gasteiger partial charge in [0.25, 0.3) is 0 Å². The average Bonchev–Trinajstić information content (AvgIpc) is 3.09. The largest absolute Gasteiger partial charge is 0.463 e. The zero-order valence-corrected chi connectivity index (χ0v) is 31.0. The summed E-state index contributed by atoms with van der Waals surface area (Å²) in [5.74, 6) is -0.689. The molecule has 274 valence electrons. The van der Waals surface area contributed by atoms with Crippen molar-refractivity contribution < 1.29 is 24.2 Å². The maximum atomic E-state index is 11.9. The minimum atomic E-state index is -1.01. The highest BCUT2D eigenvalue weighted by molar-refractivity contribution is 5.69. The SMILES string of the molecule is CCCCCCCC/C=C\C/C=C\C/C=C\CCCC(=O)OCC(O)COC(=O)CCC/C=C\C/C=C\C/C=C\CCCCCCCC. The van der Waals surface area contributed by atoms with Crippen LogP contribution in [0.3, 0.4) is 0 Å². The molecule has 0 aliphatic heterocycles. The van der Waals surface area contributed by atoms with Gasteiger partial charge >= 0.3 is 11.9 Å². The quantitative estimate of drug-likeness (QED) is 0.0420. The van der Waals surface area contributed by atoms with Crippen molar-refractivity contribution in [3.8, 4) is 0 Å². The van der Waals surface area contributed by atoms with Gasteiger partial charge in [-0.15, -0.1) is 0 Å². The summed E-state index contributed by atoms with van der Waals surface area (Å²) in [6, 6.07) is 0. The Kier molecular flexibility index (Phi) is 36.6. The molecule has 5 heteroatoms. The molecule has 0 heterocycles. The van der Waals surface area contributed by atoms with Crippen molar-refractivity contribution in [1.82, 2.24) is 0 Å². The summed E-state index contributed by atoms with van der Waals surface area (Å²) >= 11 is 0. The molecule has 1 N–H and O–H groups in total. The van der Waals surface area contributed by atoms with Crippen molar-refractivity contribution in [1.29, 1.82) is 0 Å². The van der Waals surface area contributed by atoms with Crippen LogP contribution in [0.5, 0.6) is 0 Å². The van der Waals surface area contributed by atoms with Gasteiger partial charge in [0.1, 0.15) is 19.3 Å². The van der Waals surface area contributed by atoms with Crippen LogP contribution in [0, 0.1) is 0 Å². The molecule has 0 saturated heterocycles. The fraction of sp³-hybridized carbons (Fsp3) is 0.674. The van der Waals surface area contributed by atoms with E-state index in [9.17, 15) is 14.7 Å². The third-order valence-electron chi connectivity index (χ3n) is 7.91. The molecular weight excluding hydrogens is 596 g/mol. The van der Waals surface area contributed by atoms with Crippen LogP contribution in [-0.2, 0) is 19.1 Å². The first kappa shape index (κ1) is 45.3. The van der Waals surface area contributed by atoms with Crippen molar-refractivity contribution in [2.45, 2.75) is 174 Å². The van der Waals surface area contributed by atoms with Crippen molar-refractivity contribution in [3.63, 3.8) is 0 Å². The lowest BCUT2D eigenvalue weighted by molar-refractivity contribution is -0.152. The Morgan fingerprint density at radius 3 is 1.08 bits per heavy atom. The van der Waals surface area contributed by atoms with E-state index in [2.05, 4.69) is 86.8 Å². The summed E-state index contributed by atoms with van der Waals surface area (Å²) in [6.07, 6.45) is 51.1. The zero-order chi connectivity index (χ0) is 35.0. The highest BCUT2D eigenvalue weighted by Crippen LogP contribution is 2.09. The van der Waals surface area contributed by atoms with Gasteiger partial charge in [0.15, 0.2) is 0 Å². The number of rotatable bonds is 34. The van der Waals surface area contributed by atoms with Gasteiger partial charge in [-0.25, -0.2) is 0 Å². The molecule has 0 aliphatic carbocycles. The lowest BCUT2D eigenvalue weighted by Crippen LogP contribution is -2.25. The first-order valence-corrected chi connectivity index (χ1v) is 19.5. The Labute approximate surface area is 295 Å². The van der Waals surface area contributed by atoms with E-state index in [0.29, 0.717) is 25.7 Å². The average molecular weight is 669 g/mol. The molecule has 0 amide bonds. The summed E-state index contributed by atoms with van der Waals surface area (Å²) in [6.45, 7) is 4.18. The molecule has 48 heavy (non-hydrogen) atoms. The van der Waals surface area contributed by atoms with Gasteiger partial charge in [-0.3, -0.25) is 9.59 Å². The number of unbranched alkanes of at least 4 members (excludes halogenated alkanes) is 14. The predicted molar refractivity (Wildman–Crippen MR) is 205 cm³/mol. The summed E-state index contributed by atoms with van der Waals surface area (Å²) in [5, 5.41) is 9.99. The van der Waals surface area contributed by atoms with E-state index in [-0.39, 0.29) is 25.2 Å². The maximum absolute atomic E-state index is 11.9. The van der Waals surface area contributed by atoms with E-state index in [0.717, 1.165) is 38.5 Å². The number of hydrogen-bond acceptors (Lipinski definition) is 5. The van der Waals surface area contributed by atoms with Crippen LogP contribution in [0.1, 0.15) is 168 Å². The van der Waals surface area contributed by atoms with Gasteiger partial charge in [-0.2, -0.15) is 0 Å². The lowest BCUT2D eigenvalue weighted by Gasteiger charge is -2.11. The second-order valence-corrected chi connectivity index (χ2v) is 12.7. The Balaban J connectivity index is 3.62. The molecule has 0 aromatic rings. The Morgan fingerprint density at radius 1 is 0.438 bits per heavy atom. The first-order chi connectivity index (χ1) is 23.6. The summed E-state index contributed by atoms with van der Waals surface area (Å²) in [5.41, 5.74) is 0. The van der Waals surface area contributed by atoms with Gasteiger partial charge in [-0.05, 0) is 77.0 Å². The molecule has 0 radical (unpaired) electrons. The second kappa shape index (κ2) is 38.8. The third kappa shape index (κ3) is 37.8. The van der Waals surface area contributed by atoms with Gasteiger partial charge in [0.05, 0.1) is 0 Å². The Bertz CT molecular complexity index is 823. The van der Waals surface area contributed by atoms with E-state index >= 15 is 0 Å². The van der Waals surface area contributed by atoms with E-state index in [1.165, 1.54) is 89.9 Å². The van der Waals surface area contributed by atoms with Crippen LogP contribution < -0.4 is 0 Å². The number of allylic oxidation sites excluding steroid dienone is 12. The monoisotopic (exact) mass is 669 g/mol. The number of hydrogen-bond donors (Lipinski definition) is 1. The minimum absolute atomic E-state index is 0.161. The molecule has 5 nitrogen and oxygen atoms in total. The molecule has 0 fully saturated rings. The fourth-order valence-electron chi connectivity index (χ4n) is 4.94. The molecule has 0 unspecified atom stereocenters. The van der Waals surface area contributed by atoms with Crippen LogP contribution in [0.2, 0.25) is 0 Å². The van der Waals surface area contributed by atoms with Crippen molar-refractivity contribution in [2.24, 2.45) is 0 Å². The highest BCUT2D eigenvalue weighted by atomic mass is 16.6. The van der Waals surface area contributed by atoms with E-state index in [1.807, 2.05) is 0 Å². The lowest BCUT2D eigenvalue weighted by atomic mass is 10.1. The van der Waals surface area contributed by atoms with Crippen LogP contribution in [0.4, 0.5) is 0 Å². The van der Waals surface area contributed by atoms with Crippen LogP contribution in [0.15, 0.2) is 72.9 Å². The standard InChI is InChI=1S/C43H72O5/c1-3-5-7-9-11-13-15-17-19-21-23-25-27-29-31-33-35-37-42(45)47-39-41(44)40-48-43(46)38-36-34-32-30-28-26-24-22-20-18-16-14-12-10-8-6-4-2/h17-20,23-26,29-32,41,44H,3-16,21-22,27-28,33-40H2,1-2H3/b19-17-,20-18-,25-23-,26-24-,31-29-,32-30-. The molecule has 0 aromatic carbocycles. The number of ether oxygens (including phenoxy) is 2. The molecule has 0 aromatic heterocycles. The number of carbonyl (C=O) groups is 2. The highest BCUT2D eigenvalue weighted by Gasteiger charge is 2.11. The molecular formula is C43H72O5. The number of aliphatic hydroxyl groups is 1. The van der Waals surface area contributed by atoms with Crippen molar-refractivity contribution >= 4 is 11.9 Å². The topological polar surface area (TPSA) is 72.8 Å². The fourth-order valence-corrected chi connectivity index (χ4v) is 4.94. The summed E-state index contributed by atoms with van der Waals surface area (Å²) < 4.78 is 10.2. The number of carbonyl (C=O) groups excluding carboxylic acids is 2. The Morgan fingerprint density at radius 2 is 0.729 bits per heavy atom. The predicted octanol–water partition coefficient (Wildman–Crippen LogP) is 12.2. The first-order valence-electron chi connectivity index (χ1n) is 19.5. The maximum Gasteiger partial charge on any atom is 0.305 e. The van der Waals surface area contributed by atoms with E-state index in [4.69, 9.17) is 9.47 Å². The summed E-state index contributed by atoms with van der Waals surface area (Å²) in [4.78, 5) is 23.9. The molecule has 0 saturated carbocycles.